The minimum atomic E-state index is -0.145. The number of benzene rings is 2. The van der Waals surface area contributed by atoms with Crippen LogP contribution in [0.5, 0.6) is 0 Å². The van der Waals surface area contributed by atoms with Gasteiger partial charge in [-0.25, -0.2) is 0 Å². The highest BCUT2D eigenvalue weighted by atomic mass is 35.5. The van der Waals surface area contributed by atoms with Gasteiger partial charge in [0, 0.05) is 49.2 Å². The average Bonchev–Trinajstić information content (AvgIpc) is 3.79. The summed E-state index contributed by atoms with van der Waals surface area (Å²) in [5.41, 5.74) is 4.26. The number of carbonyl (C=O) groups excluding carboxylic acids is 2. The summed E-state index contributed by atoms with van der Waals surface area (Å²) in [5.74, 6) is 0.109. The Hall–Kier alpha value is -3.84. The molecule has 2 atom stereocenters. The molecule has 6 rings (SSSR count). The van der Waals surface area contributed by atoms with E-state index in [1.807, 2.05) is 35.2 Å². The van der Waals surface area contributed by atoms with E-state index in [0.29, 0.717) is 52.7 Å². The summed E-state index contributed by atoms with van der Waals surface area (Å²) >= 11 is 6.42. The summed E-state index contributed by atoms with van der Waals surface area (Å²) in [4.78, 5) is 41.8. The van der Waals surface area contributed by atoms with E-state index in [9.17, 15) is 9.59 Å². The second-order valence-electron chi connectivity index (χ2n) is 9.73. The van der Waals surface area contributed by atoms with E-state index in [2.05, 4.69) is 32.4 Å². The van der Waals surface area contributed by atoms with E-state index in [0.717, 1.165) is 24.0 Å². The normalized spacial score (nSPS) is 19.5. The van der Waals surface area contributed by atoms with Gasteiger partial charge in [-0.15, -0.1) is 0 Å². The monoisotopic (exact) mass is 511 g/mol. The topological polar surface area (TPSA) is 88.1 Å². The lowest BCUT2D eigenvalue weighted by Crippen LogP contribution is -2.51. The molecule has 2 amide bonds. The number of halogens is 1. The fraction of sp³-hybridized carbons (Fsp3) is 0.276. The van der Waals surface area contributed by atoms with Gasteiger partial charge in [-0.05, 0) is 54.5 Å². The second-order valence-corrected chi connectivity index (χ2v) is 10.1. The van der Waals surface area contributed by atoms with Crippen LogP contribution in [0.2, 0.25) is 5.02 Å². The van der Waals surface area contributed by atoms with Crippen molar-refractivity contribution in [2.45, 2.75) is 37.1 Å². The quantitative estimate of drug-likeness (QED) is 0.408. The number of amides is 2. The maximum absolute atomic E-state index is 13.6. The van der Waals surface area contributed by atoms with Gasteiger partial charge in [0.05, 0.1) is 10.5 Å². The lowest BCUT2D eigenvalue weighted by molar-refractivity contribution is 0.0671. The first-order chi connectivity index (χ1) is 18.1. The summed E-state index contributed by atoms with van der Waals surface area (Å²) in [6, 6.07) is 17.2. The Morgan fingerprint density at radius 3 is 2.54 bits per heavy atom. The van der Waals surface area contributed by atoms with Gasteiger partial charge < -0.3 is 10.2 Å². The first-order valence-electron chi connectivity index (χ1n) is 12.6. The third kappa shape index (κ3) is 4.79. The summed E-state index contributed by atoms with van der Waals surface area (Å²) < 4.78 is 0. The van der Waals surface area contributed by atoms with Crippen molar-refractivity contribution < 1.29 is 9.59 Å². The molecule has 3 heterocycles. The summed E-state index contributed by atoms with van der Waals surface area (Å²) in [7, 11) is 0. The smallest absolute Gasteiger partial charge is 0.270 e. The molecule has 1 saturated carbocycles. The van der Waals surface area contributed by atoms with Crippen molar-refractivity contribution in [1.82, 2.24) is 25.2 Å². The fourth-order valence-electron chi connectivity index (χ4n) is 5.25. The number of aromatic nitrogens is 3. The van der Waals surface area contributed by atoms with E-state index in [4.69, 9.17) is 11.6 Å². The zero-order valence-corrected chi connectivity index (χ0v) is 20.9. The SMILES string of the molecule is O=C(N[C@@H]1CCN(C(=O)c2cc(Cl)c3nccnc3c2)C[C@@H]1c1ccccc1)c1ncccc1C1CC1. The van der Waals surface area contributed by atoms with Crippen LogP contribution in [0.3, 0.4) is 0 Å². The Labute approximate surface area is 219 Å². The molecule has 1 aliphatic heterocycles. The Balaban J connectivity index is 1.26. The number of nitrogens with zero attached hydrogens (tertiary/aromatic N) is 4. The fourth-order valence-corrected chi connectivity index (χ4v) is 5.52. The Morgan fingerprint density at radius 2 is 1.73 bits per heavy atom. The molecule has 2 fully saturated rings. The van der Waals surface area contributed by atoms with Gasteiger partial charge >= 0.3 is 0 Å². The molecule has 0 radical (unpaired) electrons. The Morgan fingerprint density at radius 1 is 0.919 bits per heavy atom. The van der Waals surface area contributed by atoms with E-state index in [1.165, 1.54) is 0 Å². The van der Waals surface area contributed by atoms with Crippen molar-refractivity contribution in [1.29, 1.82) is 0 Å². The molecular weight excluding hydrogens is 486 g/mol. The number of hydrogen-bond acceptors (Lipinski definition) is 5. The largest absolute Gasteiger partial charge is 0.347 e. The predicted octanol–water partition coefficient (Wildman–Crippen LogP) is 4.98. The van der Waals surface area contributed by atoms with Crippen LogP contribution in [0.4, 0.5) is 0 Å². The molecule has 0 spiro atoms. The molecule has 0 bridgehead atoms. The highest BCUT2D eigenvalue weighted by Gasteiger charge is 2.35. The summed E-state index contributed by atoms with van der Waals surface area (Å²) in [6.07, 6.45) is 7.67. The molecule has 8 heteroatoms. The molecule has 4 aromatic rings. The highest BCUT2D eigenvalue weighted by molar-refractivity contribution is 6.35. The van der Waals surface area contributed by atoms with Crippen LogP contribution in [0.15, 0.2) is 73.2 Å². The van der Waals surface area contributed by atoms with Crippen LogP contribution in [0.1, 0.15) is 63.1 Å². The molecule has 186 valence electrons. The van der Waals surface area contributed by atoms with Gasteiger partial charge in [0.15, 0.2) is 0 Å². The molecule has 1 aliphatic carbocycles. The molecule has 2 aromatic carbocycles. The van der Waals surface area contributed by atoms with E-state index in [-0.39, 0.29) is 23.8 Å². The first kappa shape index (κ1) is 23.6. The van der Waals surface area contributed by atoms with Crippen LogP contribution >= 0.6 is 11.6 Å². The minimum Gasteiger partial charge on any atom is -0.347 e. The first-order valence-corrected chi connectivity index (χ1v) is 13.0. The molecule has 1 saturated heterocycles. The van der Waals surface area contributed by atoms with Crippen molar-refractivity contribution >= 4 is 34.4 Å². The van der Waals surface area contributed by atoms with Crippen LogP contribution in [0.25, 0.3) is 11.0 Å². The van der Waals surface area contributed by atoms with Gasteiger partial charge in [0.25, 0.3) is 11.8 Å². The number of piperidine rings is 1. The lowest BCUT2D eigenvalue weighted by atomic mass is 9.85. The molecule has 0 unspecified atom stereocenters. The number of nitrogens with one attached hydrogen (secondary N) is 1. The van der Waals surface area contributed by atoms with E-state index < -0.39 is 0 Å². The van der Waals surface area contributed by atoms with Gasteiger partial charge in [-0.3, -0.25) is 24.5 Å². The van der Waals surface area contributed by atoms with Crippen molar-refractivity contribution in [2.24, 2.45) is 0 Å². The summed E-state index contributed by atoms with van der Waals surface area (Å²) in [6.45, 7) is 0.989. The van der Waals surface area contributed by atoms with Crippen molar-refractivity contribution in [3.05, 3.63) is 101 Å². The molecule has 37 heavy (non-hydrogen) atoms. The zero-order chi connectivity index (χ0) is 25.4. The number of hydrogen-bond donors (Lipinski definition) is 1. The van der Waals surface area contributed by atoms with Crippen LogP contribution in [-0.2, 0) is 0 Å². The second kappa shape index (κ2) is 9.90. The third-order valence-electron chi connectivity index (χ3n) is 7.29. The van der Waals surface area contributed by atoms with Crippen LogP contribution in [-0.4, -0.2) is 50.8 Å². The van der Waals surface area contributed by atoms with Gasteiger partial charge in [0.1, 0.15) is 11.2 Å². The number of fused-ring (bicyclic) bond motifs is 1. The standard InChI is InChI=1S/C29H26ClN5O2/c30-23-15-20(16-25-27(23)33-13-12-31-25)29(37)35-14-10-24(22(17-35)18-5-2-1-3-6-18)34-28(36)26-21(19-8-9-19)7-4-11-32-26/h1-7,11-13,15-16,19,22,24H,8-10,14,17H2,(H,34,36)/t22-,24-/m1/s1. The maximum atomic E-state index is 13.6. The van der Waals surface area contributed by atoms with E-state index >= 15 is 0 Å². The van der Waals surface area contributed by atoms with Crippen molar-refractivity contribution in [2.75, 3.05) is 13.1 Å². The number of pyridine rings is 1. The zero-order valence-electron chi connectivity index (χ0n) is 20.2. The third-order valence-corrected chi connectivity index (χ3v) is 7.58. The highest BCUT2D eigenvalue weighted by Crippen LogP contribution is 2.41. The van der Waals surface area contributed by atoms with E-state index in [1.54, 1.807) is 30.7 Å². The van der Waals surface area contributed by atoms with Gasteiger partial charge in [0.2, 0.25) is 0 Å². The van der Waals surface area contributed by atoms with Crippen molar-refractivity contribution in [3.63, 3.8) is 0 Å². The number of likely N-dealkylation sites (tertiary alicyclic amines) is 1. The van der Waals surface area contributed by atoms with Crippen LogP contribution in [0, 0.1) is 0 Å². The Kier molecular flexibility index (Phi) is 6.30. The molecule has 7 nitrogen and oxygen atoms in total. The summed E-state index contributed by atoms with van der Waals surface area (Å²) in [5, 5.41) is 3.66. The minimum absolute atomic E-state index is 0.0633. The van der Waals surface area contributed by atoms with Gasteiger partial charge in [-0.2, -0.15) is 0 Å². The number of carbonyl (C=O) groups is 2. The average molecular weight is 512 g/mol. The van der Waals surface area contributed by atoms with Crippen LogP contribution < -0.4 is 5.32 Å². The molecular formula is C29H26ClN5O2. The van der Waals surface area contributed by atoms with Gasteiger partial charge in [-0.1, -0.05) is 48.0 Å². The maximum Gasteiger partial charge on any atom is 0.270 e. The van der Waals surface area contributed by atoms with Crippen molar-refractivity contribution in [3.8, 4) is 0 Å². The molecule has 1 N–H and O–H groups in total. The number of rotatable bonds is 5. The molecule has 2 aliphatic rings. The lowest BCUT2D eigenvalue weighted by Gasteiger charge is -2.39. The Bertz CT molecular complexity index is 1470. The predicted molar refractivity (Wildman–Crippen MR) is 142 cm³/mol. The molecule has 2 aromatic heterocycles.